The van der Waals surface area contributed by atoms with Crippen molar-refractivity contribution in [1.82, 2.24) is 9.97 Å². The Balaban J connectivity index is 1.70. The second-order valence-electron chi connectivity index (χ2n) is 5.30. The third-order valence-corrected chi connectivity index (χ3v) is 4.73. The van der Waals surface area contributed by atoms with Crippen LogP contribution in [0.5, 0.6) is 0 Å². The number of hydrogen-bond acceptors (Lipinski definition) is 6. The maximum absolute atomic E-state index is 12.3. The number of pyridine rings is 1. The molecule has 0 saturated carbocycles. The Morgan fingerprint density at radius 1 is 1.31 bits per heavy atom. The molecule has 0 aliphatic heterocycles. The van der Waals surface area contributed by atoms with Gasteiger partial charge in [-0.2, -0.15) is 0 Å². The summed E-state index contributed by atoms with van der Waals surface area (Å²) in [6.45, 7) is 0. The van der Waals surface area contributed by atoms with Gasteiger partial charge in [-0.1, -0.05) is 11.6 Å². The highest BCUT2D eigenvalue weighted by molar-refractivity contribution is 7.13. The summed E-state index contributed by atoms with van der Waals surface area (Å²) in [7, 11) is 1.29. The van der Waals surface area contributed by atoms with Crippen LogP contribution in [-0.2, 0) is 16.0 Å². The fourth-order valence-corrected chi connectivity index (χ4v) is 3.21. The van der Waals surface area contributed by atoms with Crippen molar-refractivity contribution in [2.24, 2.45) is 0 Å². The number of halogens is 1. The maximum atomic E-state index is 12.3. The zero-order valence-corrected chi connectivity index (χ0v) is 15.3. The largest absolute Gasteiger partial charge is 0.465 e. The van der Waals surface area contributed by atoms with Crippen LogP contribution in [0.3, 0.4) is 0 Å². The van der Waals surface area contributed by atoms with Crippen molar-refractivity contribution >= 4 is 40.5 Å². The predicted octanol–water partition coefficient (Wildman–Crippen LogP) is 3.83. The lowest BCUT2D eigenvalue weighted by Gasteiger charge is -2.08. The molecule has 26 heavy (non-hydrogen) atoms. The quantitative estimate of drug-likeness (QED) is 0.673. The minimum atomic E-state index is -0.502. The van der Waals surface area contributed by atoms with Gasteiger partial charge in [0.1, 0.15) is 5.01 Å². The van der Waals surface area contributed by atoms with Gasteiger partial charge in [0, 0.05) is 23.3 Å². The second kappa shape index (κ2) is 8.07. The number of anilines is 1. The highest BCUT2D eigenvalue weighted by atomic mass is 35.5. The SMILES string of the molecule is COC(=O)c1ccc(Cl)c(NC(=O)Cc2csc(-c3cccnc3)n2)c1. The molecule has 6 nitrogen and oxygen atoms in total. The van der Waals surface area contributed by atoms with Gasteiger partial charge >= 0.3 is 5.97 Å². The van der Waals surface area contributed by atoms with Crippen LogP contribution in [-0.4, -0.2) is 29.0 Å². The number of ether oxygens (including phenoxy) is 1. The summed E-state index contributed by atoms with van der Waals surface area (Å²) < 4.78 is 4.67. The number of methoxy groups -OCH3 is 1. The molecule has 0 saturated heterocycles. The molecular formula is C18H14ClN3O3S. The fraction of sp³-hybridized carbons (Fsp3) is 0.111. The lowest BCUT2D eigenvalue weighted by Crippen LogP contribution is -2.15. The highest BCUT2D eigenvalue weighted by Gasteiger charge is 2.13. The number of carbonyl (C=O) groups excluding carboxylic acids is 2. The first-order valence-corrected chi connectivity index (χ1v) is 8.85. The molecule has 0 radical (unpaired) electrons. The summed E-state index contributed by atoms with van der Waals surface area (Å²) in [5.41, 5.74) is 2.20. The van der Waals surface area contributed by atoms with E-state index in [2.05, 4.69) is 20.0 Å². The predicted molar refractivity (Wildman–Crippen MR) is 100 cm³/mol. The molecule has 0 atom stereocenters. The molecule has 132 valence electrons. The van der Waals surface area contributed by atoms with Gasteiger partial charge in [0.25, 0.3) is 0 Å². The van der Waals surface area contributed by atoms with Gasteiger partial charge in [-0.15, -0.1) is 11.3 Å². The highest BCUT2D eigenvalue weighted by Crippen LogP contribution is 2.25. The van der Waals surface area contributed by atoms with Crippen molar-refractivity contribution in [1.29, 1.82) is 0 Å². The lowest BCUT2D eigenvalue weighted by atomic mass is 10.2. The summed E-state index contributed by atoms with van der Waals surface area (Å²) in [5.74, 6) is -0.783. The van der Waals surface area contributed by atoms with Crippen molar-refractivity contribution in [3.05, 3.63) is 64.4 Å². The van der Waals surface area contributed by atoms with Crippen LogP contribution in [0.25, 0.3) is 10.6 Å². The van der Waals surface area contributed by atoms with Gasteiger partial charge in [-0.05, 0) is 30.3 Å². The van der Waals surface area contributed by atoms with E-state index in [1.165, 1.54) is 36.6 Å². The van der Waals surface area contributed by atoms with E-state index in [0.29, 0.717) is 22.0 Å². The molecule has 0 spiro atoms. The second-order valence-corrected chi connectivity index (χ2v) is 6.56. The molecular weight excluding hydrogens is 374 g/mol. The third kappa shape index (κ3) is 4.25. The number of hydrogen-bond donors (Lipinski definition) is 1. The van der Waals surface area contributed by atoms with Crippen LogP contribution in [0.1, 0.15) is 16.1 Å². The number of esters is 1. The van der Waals surface area contributed by atoms with Gasteiger partial charge in [0.05, 0.1) is 35.5 Å². The molecule has 2 aromatic heterocycles. The Morgan fingerprint density at radius 3 is 2.88 bits per heavy atom. The Labute approximate surface area is 158 Å². The zero-order valence-electron chi connectivity index (χ0n) is 13.7. The molecule has 0 bridgehead atoms. The Morgan fingerprint density at radius 2 is 2.15 bits per heavy atom. The molecule has 2 heterocycles. The minimum Gasteiger partial charge on any atom is -0.465 e. The number of rotatable bonds is 5. The number of nitrogens with zero attached hydrogens (tertiary/aromatic N) is 2. The van der Waals surface area contributed by atoms with Crippen molar-refractivity contribution in [2.75, 3.05) is 12.4 Å². The molecule has 8 heteroatoms. The van der Waals surface area contributed by atoms with E-state index in [9.17, 15) is 9.59 Å². The van der Waals surface area contributed by atoms with Gasteiger partial charge < -0.3 is 10.1 Å². The van der Waals surface area contributed by atoms with E-state index in [0.717, 1.165) is 10.6 Å². The number of aromatic nitrogens is 2. The van der Waals surface area contributed by atoms with Crippen molar-refractivity contribution in [3.8, 4) is 10.6 Å². The molecule has 0 fully saturated rings. The lowest BCUT2D eigenvalue weighted by molar-refractivity contribution is -0.115. The number of carbonyl (C=O) groups is 2. The molecule has 3 aromatic rings. The van der Waals surface area contributed by atoms with Crippen LogP contribution < -0.4 is 5.32 Å². The normalized spacial score (nSPS) is 10.4. The van der Waals surface area contributed by atoms with Crippen LogP contribution >= 0.6 is 22.9 Å². The van der Waals surface area contributed by atoms with E-state index < -0.39 is 5.97 Å². The Bertz CT molecular complexity index is 944. The molecule has 0 aliphatic carbocycles. The first kappa shape index (κ1) is 18.0. The van der Waals surface area contributed by atoms with E-state index in [-0.39, 0.29) is 12.3 Å². The zero-order chi connectivity index (χ0) is 18.5. The number of amides is 1. The average Bonchev–Trinajstić information content (AvgIpc) is 3.12. The summed E-state index contributed by atoms with van der Waals surface area (Å²) in [4.78, 5) is 32.4. The molecule has 1 aromatic carbocycles. The molecule has 0 aliphatic rings. The Hall–Kier alpha value is -2.77. The van der Waals surface area contributed by atoms with Crippen molar-refractivity contribution in [3.63, 3.8) is 0 Å². The average molecular weight is 388 g/mol. The fourth-order valence-electron chi connectivity index (χ4n) is 2.23. The van der Waals surface area contributed by atoms with E-state index >= 15 is 0 Å². The summed E-state index contributed by atoms with van der Waals surface area (Å²) in [6, 6.07) is 8.29. The van der Waals surface area contributed by atoms with Crippen molar-refractivity contribution in [2.45, 2.75) is 6.42 Å². The monoisotopic (exact) mass is 387 g/mol. The summed E-state index contributed by atoms with van der Waals surface area (Å²) >= 11 is 7.53. The van der Waals surface area contributed by atoms with E-state index in [1.807, 2.05) is 17.5 Å². The minimum absolute atomic E-state index is 0.0928. The molecule has 0 unspecified atom stereocenters. The standard InChI is InChI=1S/C18H14ClN3O3S/c1-25-18(24)11-4-5-14(19)15(7-11)22-16(23)8-13-10-26-17(21-13)12-3-2-6-20-9-12/h2-7,9-10H,8H2,1H3,(H,22,23). The van der Waals surface area contributed by atoms with Crippen LogP contribution in [0, 0.1) is 0 Å². The van der Waals surface area contributed by atoms with Gasteiger partial charge in [-0.25, -0.2) is 9.78 Å². The van der Waals surface area contributed by atoms with Crippen LogP contribution in [0.2, 0.25) is 5.02 Å². The van der Waals surface area contributed by atoms with E-state index in [1.54, 1.807) is 12.4 Å². The number of benzene rings is 1. The van der Waals surface area contributed by atoms with E-state index in [4.69, 9.17) is 11.6 Å². The molecule has 1 amide bonds. The first-order valence-electron chi connectivity index (χ1n) is 7.59. The van der Waals surface area contributed by atoms with Gasteiger partial charge in [-0.3, -0.25) is 9.78 Å². The molecule has 1 N–H and O–H groups in total. The first-order chi connectivity index (χ1) is 12.6. The molecule has 3 rings (SSSR count). The number of nitrogens with one attached hydrogen (secondary N) is 1. The smallest absolute Gasteiger partial charge is 0.337 e. The summed E-state index contributed by atoms with van der Waals surface area (Å²) in [5, 5.41) is 5.66. The van der Waals surface area contributed by atoms with Crippen molar-refractivity contribution < 1.29 is 14.3 Å². The summed E-state index contributed by atoms with van der Waals surface area (Å²) in [6.07, 6.45) is 3.51. The van der Waals surface area contributed by atoms with Gasteiger partial charge in [0.2, 0.25) is 5.91 Å². The number of thiazole rings is 1. The third-order valence-electron chi connectivity index (χ3n) is 3.46. The van der Waals surface area contributed by atoms with Crippen LogP contribution in [0.15, 0.2) is 48.1 Å². The van der Waals surface area contributed by atoms with Gasteiger partial charge in [0.15, 0.2) is 0 Å². The maximum Gasteiger partial charge on any atom is 0.337 e. The Kier molecular flexibility index (Phi) is 5.60. The topological polar surface area (TPSA) is 81.2 Å². The van der Waals surface area contributed by atoms with Crippen LogP contribution in [0.4, 0.5) is 5.69 Å².